The standard InChI is InChI=1S/C28H32N2O2/c1-19-15-16-23(20(2)18-19)25-26(29-17-9-11-21-10-7-8-14-24(21)29)28(32)30(27(25)31)22-12-5-3-4-6-13-22/h7-8,10,14-16,18,22H,3-6,9,11-13,17H2,1-2H3. The van der Waals surface area contributed by atoms with Gasteiger partial charge in [0.1, 0.15) is 5.70 Å². The molecule has 2 heterocycles. The van der Waals surface area contributed by atoms with Gasteiger partial charge < -0.3 is 4.90 Å². The van der Waals surface area contributed by atoms with Gasteiger partial charge in [-0.2, -0.15) is 0 Å². The van der Waals surface area contributed by atoms with Crippen molar-refractivity contribution in [3.63, 3.8) is 0 Å². The Hall–Kier alpha value is -2.88. The van der Waals surface area contributed by atoms with Crippen molar-refractivity contribution in [1.82, 2.24) is 4.90 Å². The van der Waals surface area contributed by atoms with E-state index in [1.54, 1.807) is 4.90 Å². The average Bonchev–Trinajstić information content (AvgIpc) is 2.94. The quantitative estimate of drug-likeness (QED) is 0.475. The van der Waals surface area contributed by atoms with Crippen molar-refractivity contribution in [3.8, 4) is 0 Å². The summed E-state index contributed by atoms with van der Waals surface area (Å²) >= 11 is 0. The van der Waals surface area contributed by atoms with Crippen LogP contribution in [-0.2, 0) is 16.0 Å². The highest BCUT2D eigenvalue weighted by molar-refractivity contribution is 6.37. The van der Waals surface area contributed by atoms with Crippen LogP contribution in [0.3, 0.4) is 0 Å². The van der Waals surface area contributed by atoms with Gasteiger partial charge in [0.15, 0.2) is 0 Å². The fraction of sp³-hybridized carbons (Fsp3) is 0.429. The first-order chi connectivity index (χ1) is 15.6. The maximum absolute atomic E-state index is 14.0. The first-order valence-electron chi connectivity index (χ1n) is 12.1. The SMILES string of the molecule is Cc1ccc(C2=C(N3CCCc4ccccc43)C(=O)N(C3CCCCCC3)C2=O)c(C)c1. The number of hydrogen-bond acceptors (Lipinski definition) is 3. The maximum Gasteiger partial charge on any atom is 0.278 e. The summed E-state index contributed by atoms with van der Waals surface area (Å²) in [6.45, 7) is 4.87. The molecule has 4 nitrogen and oxygen atoms in total. The molecule has 2 aromatic rings. The molecule has 2 aliphatic heterocycles. The lowest BCUT2D eigenvalue weighted by atomic mass is 9.95. The Labute approximate surface area is 190 Å². The zero-order valence-electron chi connectivity index (χ0n) is 19.2. The highest BCUT2D eigenvalue weighted by Gasteiger charge is 2.45. The van der Waals surface area contributed by atoms with Gasteiger partial charge in [0.25, 0.3) is 11.8 Å². The van der Waals surface area contributed by atoms with Gasteiger partial charge in [-0.25, -0.2) is 0 Å². The van der Waals surface area contributed by atoms with Crippen molar-refractivity contribution >= 4 is 23.1 Å². The fourth-order valence-corrected chi connectivity index (χ4v) is 5.74. The van der Waals surface area contributed by atoms with E-state index in [0.29, 0.717) is 11.3 Å². The molecule has 0 atom stereocenters. The van der Waals surface area contributed by atoms with Crippen molar-refractivity contribution < 1.29 is 9.59 Å². The summed E-state index contributed by atoms with van der Waals surface area (Å²) in [7, 11) is 0. The Kier molecular flexibility index (Phi) is 5.62. The van der Waals surface area contributed by atoms with E-state index in [4.69, 9.17) is 0 Å². The van der Waals surface area contributed by atoms with E-state index in [2.05, 4.69) is 36.1 Å². The number of nitrogens with zero attached hydrogens (tertiary/aromatic N) is 2. The molecule has 32 heavy (non-hydrogen) atoms. The van der Waals surface area contributed by atoms with Crippen LogP contribution in [0.1, 0.15) is 67.2 Å². The van der Waals surface area contributed by atoms with Crippen molar-refractivity contribution in [1.29, 1.82) is 0 Å². The predicted molar refractivity (Wildman–Crippen MR) is 128 cm³/mol. The molecule has 0 saturated heterocycles. The number of carbonyl (C=O) groups excluding carboxylic acids is 2. The number of imide groups is 1. The minimum atomic E-state index is -0.105. The molecule has 5 rings (SSSR count). The van der Waals surface area contributed by atoms with E-state index in [1.165, 1.54) is 18.4 Å². The van der Waals surface area contributed by atoms with Crippen molar-refractivity contribution in [2.45, 2.75) is 71.3 Å². The van der Waals surface area contributed by atoms with Crippen molar-refractivity contribution in [2.75, 3.05) is 11.4 Å². The van der Waals surface area contributed by atoms with Gasteiger partial charge in [-0.05, 0) is 62.3 Å². The highest BCUT2D eigenvalue weighted by Crippen LogP contribution is 2.40. The summed E-state index contributed by atoms with van der Waals surface area (Å²) < 4.78 is 0. The van der Waals surface area contributed by atoms with E-state index in [1.807, 2.05) is 25.1 Å². The van der Waals surface area contributed by atoms with E-state index in [-0.39, 0.29) is 17.9 Å². The molecule has 0 aromatic heterocycles. The van der Waals surface area contributed by atoms with Gasteiger partial charge >= 0.3 is 0 Å². The topological polar surface area (TPSA) is 40.6 Å². The van der Waals surface area contributed by atoms with Gasteiger partial charge in [-0.1, -0.05) is 67.6 Å². The molecule has 166 valence electrons. The van der Waals surface area contributed by atoms with Crippen LogP contribution in [0.2, 0.25) is 0 Å². The van der Waals surface area contributed by atoms with Crippen LogP contribution in [0.25, 0.3) is 5.57 Å². The molecule has 4 heteroatoms. The summed E-state index contributed by atoms with van der Waals surface area (Å²) in [4.78, 5) is 31.7. The van der Waals surface area contributed by atoms with Crippen LogP contribution in [0, 0.1) is 13.8 Å². The largest absolute Gasteiger partial charge is 0.336 e. The smallest absolute Gasteiger partial charge is 0.278 e. The van der Waals surface area contributed by atoms with E-state index < -0.39 is 0 Å². The third kappa shape index (κ3) is 3.56. The van der Waals surface area contributed by atoms with Crippen LogP contribution in [0.4, 0.5) is 5.69 Å². The molecule has 0 spiro atoms. The van der Waals surface area contributed by atoms with Crippen LogP contribution in [-0.4, -0.2) is 29.3 Å². The van der Waals surface area contributed by atoms with Crippen molar-refractivity contribution in [3.05, 3.63) is 70.4 Å². The lowest BCUT2D eigenvalue weighted by molar-refractivity contribution is -0.139. The molecule has 0 bridgehead atoms. The van der Waals surface area contributed by atoms with E-state index >= 15 is 0 Å². The third-order valence-corrected chi connectivity index (χ3v) is 7.31. The second-order valence-corrected chi connectivity index (χ2v) is 9.55. The molecule has 0 radical (unpaired) electrons. The number of para-hydroxylation sites is 1. The number of benzene rings is 2. The molecule has 2 amide bonds. The summed E-state index contributed by atoms with van der Waals surface area (Å²) in [5.41, 5.74) is 6.59. The Morgan fingerprint density at radius 3 is 2.34 bits per heavy atom. The van der Waals surface area contributed by atoms with Crippen LogP contribution in [0.5, 0.6) is 0 Å². The van der Waals surface area contributed by atoms with E-state index in [9.17, 15) is 9.59 Å². The number of anilines is 1. The number of fused-ring (bicyclic) bond motifs is 1. The molecular weight excluding hydrogens is 396 g/mol. The number of aryl methyl sites for hydroxylation is 3. The molecule has 2 aromatic carbocycles. The number of amides is 2. The lowest BCUT2D eigenvalue weighted by Crippen LogP contribution is -2.43. The normalized spacial score (nSPS) is 20.1. The average molecular weight is 429 g/mol. The molecule has 1 saturated carbocycles. The molecule has 3 aliphatic rings. The molecule has 0 unspecified atom stereocenters. The maximum atomic E-state index is 14.0. The summed E-state index contributed by atoms with van der Waals surface area (Å²) in [5.74, 6) is -0.208. The van der Waals surface area contributed by atoms with E-state index in [0.717, 1.165) is 67.4 Å². The minimum absolute atomic E-state index is 0.00999. The Bertz CT molecular complexity index is 1090. The zero-order valence-corrected chi connectivity index (χ0v) is 19.2. The first-order valence-corrected chi connectivity index (χ1v) is 12.1. The first kappa shape index (κ1) is 21.0. The zero-order chi connectivity index (χ0) is 22.2. The molecule has 0 N–H and O–H groups in total. The lowest BCUT2D eigenvalue weighted by Gasteiger charge is -2.33. The molecule has 1 fully saturated rings. The van der Waals surface area contributed by atoms with Gasteiger partial charge in [0.2, 0.25) is 0 Å². The van der Waals surface area contributed by atoms with Crippen LogP contribution < -0.4 is 4.90 Å². The highest BCUT2D eigenvalue weighted by atomic mass is 16.2. The second-order valence-electron chi connectivity index (χ2n) is 9.55. The summed E-state index contributed by atoms with van der Waals surface area (Å²) in [6.07, 6.45) is 8.37. The molecular formula is C28H32N2O2. The van der Waals surface area contributed by atoms with Gasteiger partial charge in [0, 0.05) is 18.3 Å². The third-order valence-electron chi connectivity index (χ3n) is 7.31. The van der Waals surface area contributed by atoms with Crippen LogP contribution in [0.15, 0.2) is 48.2 Å². The Balaban J connectivity index is 1.66. The minimum Gasteiger partial charge on any atom is -0.336 e. The Morgan fingerprint density at radius 2 is 1.59 bits per heavy atom. The van der Waals surface area contributed by atoms with Crippen molar-refractivity contribution in [2.24, 2.45) is 0 Å². The summed E-state index contributed by atoms with van der Waals surface area (Å²) in [6, 6.07) is 14.5. The number of carbonyl (C=O) groups is 2. The molecule has 1 aliphatic carbocycles. The van der Waals surface area contributed by atoms with Gasteiger partial charge in [-0.3, -0.25) is 14.5 Å². The van der Waals surface area contributed by atoms with Gasteiger partial charge in [-0.15, -0.1) is 0 Å². The predicted octanol–water partition coefficient (Wildman–Crippen LogP) is 5.56. The number of rotatable bonds is 3. The number of hydrogen-bond donors (Lipinski definition) is 0. The fourth-order valence-electron chi connectivity index (χ4n) is 5.74. The second kappa shape index (κ2) is 8.57. The summed E-state index contributed by atoms with van der Waals surface area (Å²) in [5, 5.41) is 0. The monoisotopic (exact) mass is 428 g/mol. The van der Waals surface area contributed by atoms with Gasteiger partial charge in [0.05, 0.1) is 5.57 Å². The van der Waals surface area contributed by atoms with Crippen LogP contribution >= 0.6 is 0 Å². The Morgan fingerprint density at radius 1 is 0.844 bits per heavy atom.